The lowest BCUT2D eigenvalue weighted by Crippen LogP contribution is -2.39. The third kappa shape index (κ3) is 3.51. The van der Waals surface area contributed by atoms with Gasteiger partial charge in [-0.25, -0.2) is 4.39 Å². The zero-order valence-electron chi connectivity index (χ0n) is 11.6. The summed E-state index contributed by atoms with van der Waals surface area (Å²) in [6, 6.07) is 2.81. The predicted molar refractivity (Wildman–Crippen MR) is 82.0 cm³/mol. The fraction of sp³-hybridized carbons (Fsp3) is 0.533. The van der Waals surface area contributed by atoms with Crippen molar-refractivity contribution in [3.63, 3.8) is 0 Å². The standard InChI is InChI=1S/C15H20BrFN2O/c1-9-5-3-2-4-6-14(9)19-15(20)10-7-13(18)12(17)8-11(10)16/h7-9,14H,2-6,18H2,1H3,(H,19,20). The Kier molecular flexibility index (Phi) is 5.02. The molecule has 1 aromatic rings. The normalized spacial score (nSPS) is 23.1. The molecule has 1 aliphatic rings. The lowest BCUT2D eigenvalue weighted by molar-refractivity contribution is 0.0921. The van der Waals surface area contributed by atoms with Crippen LogP contribution in [0.4, 0.5) is 10.1 Å². The molecule has 0 bridgehead atoms. The molecule has 0 spiro atoms. The molecule has 2 rings (SSSR count). The number of nitrogens with two attached hydrogens (primary N) is 1. The van der Waals surface area contributed by atoms with Gasteiger partial charge in [-0.15, -0.1) is 0 Å². The second kappa shape index (κ2) is 6.57. The lowest BCUT2D eigenvalue weighted by atomic mass is 9.96. The summed E-state index contributed by atoms with van der Waals surface area (Å²) in [5.74, 6) is -0.239. The molecule has 1 fully saturated rings. The average molecular weight is 343 g/mol. The van der Waals surface area contributed by atoms with E-state index in [1.54, 1.807) is 0 Å². The van der Waals surface area contributed by atoms with Crippen molar-refractivity contribution >= 4 is 27.5 Å². The fourth-order valence-electron chi connectivity index (χ4n) is 2.69. The molecular formula is C15H20BrFN2O. The van der Waals surface area contributed by atoms with Gasteiger partial charge in [-0.3, -0.25) is 4.79 Å². The van der Waals surface area contributed by atoms with Crippen LogP contribution in [0.5, 0.6) is 0 Å². The van der Waals surface area contributed by atoms with Crippen molar-refractivity contribution in [1.82, 2.24) is 5.32 Å². The van der Waals surface area contributed by atoms with Crippen LogP contribution in [0.1, 0.15) is 49.4 Å². The van der Waals surface area contributed by atoms with Crippen molar-refractivity contribution in [2.24, 2.45) is 5.92 Å². The Morgan fingerprint density at radius 1 is 1.35 bits per heavy atom. The number of halogens is 2. The number of amides is 1. The minimum absolute atomic E-state index is 0.00716. The van der Waals surface area contributed by atoms with E-state index in [1.807, 2.05) is 0 Å². The molecule has 1 amide bonds. The largest absolute Gasteiger partial charge is 0.396 e. The smallest absolute Gasteiger partial charge is 0.252 e. The molecule has 0 aliphatic heterocycles. The topological polar surface area (TPSA) is 55.1 Å². The number of nitrogen functional groups attached to an aromatic ring is 1. The van der Waals surface area contributed by atoms with Gasteiger partial charge < -0.3 is 11.1 Å². The van der Waals surface area contributed by atoms with Crippen LogP contribution in [0, 0.1) is 11.7 Å². The van der Waals surface area contributed by atoms with Gasteiger partial charge in [-0.05, 0) is 46.8 Å². The van der Waals surface area contributed by atoms with E-state index in [2.05, 4.69) is 28.2 Å². The van der Waals surface area contributed by atoms with Crippen LogP contribution >= 0.6 is 15.9 Å². The third-order valence-corrected chi connectivity index (χ3v) is 4.67. The highest BCUT2D eigenvalue weighted by molar-refractivity contribution is 9.10. The highest BCUT2D eigenvalue weighted by Gasteiger charge is 2.23. The second-order valence-electron chi connectivity index (χ2n) is 5.55. The van der Waals surface area contributed by atoms with Crippen molar-refractivity contribution in [3.05, 3.63) is 28.0 Å². The van der Waals surface area contributed by atoms with Gasteiger partial charge in [0.05, 0.1) is 11.3 Å². The Morgan fingerprint density at radius 2 is 2.05 bits per heavy atom. The second-order valence-corrected chi connectivity index (χ2v) is 6.40. The molecule has 0 radical (unpaired) electrons. The van der Waals surface area contributed by atoms with E-state index in [4.69, 9.17) is 5.73 Å². The SMILES string of the molecule is CC1CCCCCC1NC(=O)c1cc(N)c(F)cc1Br. The maximum atomic E-state index is 13.3. The molecule has 0 heterocycles. The molecule has 1 aliphatic carbocycles. The number of hydrogen-bond acceptors (Lipinski definition) is 2. The molecule has 110 valence electrons. The first-order valence-corrected chi connectivity index (χ1v) is 7.83. The van der Waals surface area contributed by atoms with Crippen LogP contribution < -0.4 is 11.1 Å². The highest BCUT2D eigenvalue weighted by atomic mass is 79.9. The molecule has 3 nitrogen and oxygen atoms in total. The van der Waals surface area contributed by atoms with Crippen LogP contribution in [0.25, 0.3) is 0 Å². The summed E-state index contributed by atoms with van der Waals surface area (Å²) in [6.07, 6.45) is 5.73. The summed E-state index contributed by atoms with van der Waals surface area (Å²) in [4.78, 5) is 12.3. The van der Waals surface area contributed by atoms with Crippen molar-refractivity contribution in [2.75, 3.05) is 5.73 Å². The molecule has 5 heteroatoms. The van der Waals surface area contributed by atoms with E-state index in [0.717, 1.165) is 19.3 Å². The van der Waals surface area contributed by atoms with Gasteiger partial charge in [0.25, 0.3) is 5.91 Å². The number of hydrogen-bond donors (Lipinski definition) is 2. The number of carbonyl (C=O) groups excluding carboxylic acids is 1. The lowest BCUT2D eigenvalue weighted by Gasteiger charge is -2.23. The summed E-state index contributed by atoms with van der Waals surface area (Å²) in [5, 5.41) is 3.07. The van der Waals surface area contributed by atoms with E-state index in [0.29, 0.717) is 16.0 Å². The summed E-state index contributed by atoms with van der Waals surface area (Å²) in [6.45, 7) is 2.17. The molecule has 1 aromatic carbocycles. The van der Waals surface area contributed by atoms with Crippen LogP contribution in [-0.4, -0.2) is 11.9 Å². The fourth-order valence-corrected chi connectivity index (χ4v) is 3.19. The number of benzene rings is 1. The van der Waals surface area contributed by atoms with Crippen molar-refractivity contribution in [1.29, 1.82) is 0 Å². The zero-order chi connectivity index (χ0) is 14.7. The molecule has 0 saturated heterocycles. The molecule has 2 unspecified atom stereocenters. The van der Waals surface area contributed by atoms with Crippen molar-refractivity contribution in [2.45, 2.75) is 45.1 Å². The first kappa shape index (κ1) is 15.3. The molecule has 3 N–H and O–H groups in total. The predicted octanol–water partition coefficient (Wildman–Crippen LogP) is 3.87. The molecule has 1 saturated carbocycles. The Morgan fingerprint density at radius 3 is 2.80 bits per heavy atom. The van der Waals surface area contributed by atoms with Gasteiger partial charge in [0.15, 0.2) is 0 Å². The van der Waals surface area contributed by atoms with E-state index < -0.39 is 5.82 Å². The Hall–Kier alpha value is -1.10. The van der Waals surface area contributed by atoms with Gasteiger partial charge in [-0.1, -0.05) is 26.2 Å². The van der Waals surface area contributed by atoms with Crippen LogP contribution in [-0.2, 0) is 0 Å². The Bertz CT molecular complexity index is 507. The first-order valence-electron chi connectivity index (χ1n) is 7.04. The van der Waals surface area contributed by atoms with Crippen molar-refractivity contribution < 1.29 is 9.18 Å². The molecule has 0 aromatic heterocycles. The summed E-state index contributed by atoms with van der Waals surface area (Å²) in [7, 11) is 0. The Balaban J connectivity index is 2.13. The number of anilines is 1. The third-order valence-electron chi connectivity index (χ3n) is 4.01. The summed E-state index contributed by atoms with van der Waals surface area (Å²) >= 11 is 3.22. The first-order chi connectivity index (χ1) is 9.49. The summed E-state index contributed by atoms with van der Waals surface area (Å²) < 4.78 is 13.7. The van der Waals surface area contributed by atoms with Crippen molar-refractivity contribution in [3.8, 4) is 0 Å². The number of nitrogens with one attached hydrogen (secondary N) is 1. The number of rotatable bonds is 2. The maximum Gasteiger partial charge on any atom is 0.252 e. The minimum Gasteiger partial charge on any atom is -0.396 e. The zero-order valence-corrected chi connectivity index (χ0v) is 13.2. The van der Waals surface area contributed by atoms with E-state index >= 15 is 0 Å². The van der Waals surface area contributed by atoms with Gasteiger partial charge in [0.2, 0.25) is 0 Å². The summed E-state index contributed by atoms with van der Waals surface area (Å²) in [5.41, 5.74) is 5.92. The monoisotopic (exact) mass is 342 g/mol. The Labute approximate surface area is 127 Å². The van der Waals surface area contributed by atoms with E-state index in [1.165, 1.54) is 25.0 Å². The quantitative estimate of drug-likeness (QED) is 0.633. The minimum atomic E-state index is -0.517. The highest BCUT2D eigenvalue weighted by Crippen LogP contribution is 2.26. The van der Waals surface area contributed by atoms with Crippen LogP contribution in [0.3, 0.4) is 0 Å². The van der Waals surface area contributed by atoms with E-state index in [9.17, 15) is 9.18 Å². The average Bonchev–Trinajstić information content (AvgIpc) is 2.59. The van der Waals surface area contributed by atoms with Gasteiger partial charge in [-0.2, -0.15) is 0 Å². The molecule has 2 atom stereocenters. The van der Waals surface area contributed by atoms with Gasteiger partial charge in [0, 0.05) is 10.5 Å². The molecular weight excluding hydrogens is 323 g/mol. The van der Waals surface area contributed by atoms with Crippen LogP contribution in [0.15, 0.2) is 16.6 Å². The molecule has 20 heavy (non-hydrogen) atoms. The van der Waals surface area contributed by atoms with Crippen LogP contribution in [0.2, 0.25) is 0 Å². The van der Waals surface area contributed by atoms with E-state index in [-0.39, 0.29) is 17.6 Å². The van der Waals surface area contributed by atoms with Gasteiger partial charge in [0.1, 0.15) is 5.82 Å². The maximum absolute atomic E-state index is 13.3. The van der Waals surface area contributed by atoms with Gasteiger partial charge >= 0.3 is 0 Å². The number of carbonyl (C=O) groups is 1.